The minimum atomic E-state index is -1.03. The van der Waals surface area contributed by atoms with E-state index in [4.69, 9.17) is 19.9 Å². The summed E-state index contributed by atoms with van der Waals surface area (Å²) in [6.45, 7) is 2.03. The number of piperidine rings is 1. The molecule has 172 valence electrons. The molecule has 1 saturated heterocycles. The van der Waals surface area contributed by atoms with Gasteiger partial charge >= 0.3 is 6.09 Å². The number of hydrogen-bond donors (Lipinski definition) is 2. The van der Waals surface area contributed by atoms with Crippen molar-refractivity contribution < 1.29 is 28.9 Å². The van der Waals surface area contributed by atoms with E-state index in [0.29, 0.717) is 37.7 Å². The molecule has 3 N–H and O–H groups in total. The summed E-state index contributed by atoms with van der Waals surface area (Å²) < 4.78 is 16.3. The highest BCUT2D eigenvalue weighted by Gasteiger charge is 2.39. The number of nitrogens with zero attached hydrogens (tertiary/aromatic N) is 2. The summed E-state index contributed by atoms with van der Waals surface area (Å²) in [5, 5.41) is 9.35. The molecule has 31 heavy (non-hydrogen) atoms. The molecule has 1 saturated carbocycles. The van der Waals surface area contributed by atoms with Gasteiger partial charge in [-0.1, -0.05) is 0 Å². The first-order valence-corrected chi connectivity index (χ1v) is 10.7. The first-order valence-electron chi connectivity index (χ1n) is 10.7. The van der Waals surface area contributed by atoms with Crippen LogP contribution in [0, 0.1) is 5.92 Å². The molecule has 2 amide bonds. The van der Waals surface area contributed by atoms with Crippen LogP contribution < -0.4 is 15.2 Å². The summed E-state index contributed by atoms with van der Waals surface area (Å²) >= 11 is 0. The molecule has 1 heterocycles. The van der Waals surface area contributed by atoms with E-state index in [1.807, 2.05) is 23.1 Å². The number of carbonyl (C=O) groups is 2. The lowest BCUT2D eigenvalue weighted by molar-refractivity contribution is -0.138. The third-order valence-electron chi connectivity index (χ3n) is 5.66. The van der Waals surface area contributed by atoms with Crippen molar-refractivity contribution in [3.63, 3.8) is 0 Å². The van der Waals surface area contributed by atoms with Gasteiger partial charge in [-0.05, 0) is 37.0 Å². The van der Waals surface area contributed by atoms with Gasteiger partial charge in [-0.3, -0.25) is 4.79 Å². The summed E-state index contributed by atoms with van der Waals surface area (Å²) in [5.74, 6) is 0.898. The van der Waals surface area contributed by atoms with Crippen LogP contribution in [0.15, 0.2) is 18.2 Å². The van der Waals surface area contributed by atoms with Crippen molar-refractivity contribution in [3.05, 3.63) is 23.8 Å². The Morgan fingerprint density at radius 3 is 2.55 bits per heavy atom. The lowest BCUT2D eigenvalue weighted by Crippen LogP contribution is -2.53. The highest BCUT2D eigenvalue weighted by Crippen LogP contribution is 2.33. The molecule has 2 atom stereocenters. The first kappa shape index (κ1) is 23.1. The van der Waals surface area contributed by atoms with Crippen LogP contribution in [-0.4, -0.2) is 79.5 Å². The van der Waals surface area contributed by atoms with Gasteiger partial charge < -0.3 is 34.9 Å². The van der Waals surface area contributed by atoms with Crippen LogP contribution in [0.3, 0.4) is 0 Å². The Morgan fingerprint density at radius 1 is 1.16 bits per heavy atom. The fourth-order valence-corrected chi connectivity index (χ4v) is 3.99. The molecular formula is C22H33N3O6. The fraction of sp³-hybridized carbons (Fsp3) is 0.636. The first-order chi connectivity index (χ1) is 14.9. The van der Waals surface area contributed by atoms with Crippen molar-refractivity contribution in [2.45, 2.75) is 44.3 Å². The molecule has 0 aromatic heterocycles. The molecule has 0 radical (unpaired) electrons. The number of carbonyl (C=O) groups excluding carboxylic acids is 1. The van der Waals surface area contributed by atoms with Gasteiger partial charge in [0.25, 0.3) is 0 Å². The average Bonchev–Trinajstić information content (AvgIpc) is 3.59. The third kappa shape index (κ3) is 6.48. The van der Waals surface area contributed by atoms with Crippen molar-refractivity contribution in [2.75, 3.05) is 40.5 Å². The van der Waals surface area contributed by atoms with Crippen LogP contribution in [0.2, 0.25) is 0 Å². The molecular weight excluding hydrogens is 402 g/mol. The highest BCUT2D eigenvalue weighted by molar-refractivity contribution is 5.81. The third-order valence-corrected chi connectivity index (χ3v) is 5.66. The van der Waals surface area contributed by atoms with Gasteiger partial charge in [0.05, 0.1) is 19.6 Å². The number of rotatable bonds is 10. The van der Waals surface area contributed by atoms with Crippen LogP contribution in [-0.2, 0) is 16.1 Å². The van der Waals surface area contributed by atoms with Crippen molar-refractivity contribution >= 4 is 12.0 Å². The minimum Gasteiger partial charge on any atom is -0.497 e. The quantitative estimate of drug-likeness (QED) is 0.540. The number of nitrogens with two attached hydrogens (primary N) is 1. The van der Waals surface area contributed by atoms with E-state index in [1.165, 1.54) is 4.90 Å². The molecule has 2 unspecified atom stereocenters. The smallest absolute Gasteiger partial charge is 0.407 e. The SMILES string of the molecule is COCCCOc1cc(CN(C(=O)C2CC(N)CN(C(=O)O)C2)C2CC2)cc(OC)c1. The number of amides is 2. The maximum Gasteiger partial charge on any atom is 0.407 e. The van der Waals surface area contributed by atoms with Crippen LogP contribution in [0.5, 0.6) is 11.5 Å². The Morgan fingerprint density at radius 2 is 1.90 bits per heavy atom. The second kappa shape index (κ2) is 10.7. The van der Waals surface area contributed by atoms with E-state index in [1.54, 1.807) is 14.2 Å². The molecule has 0 spiro atoms. The standard InChI is InChI=1S/C22H33N3O6/c1-29-6-3-7-31-20-9-15(8-19(11-20)30-2)12-25(18-4-5-18)21(26)16-10-17(23)14-24(13-16)22(27)28/h8-9,11,16-18H,3-7,10,12-14,23H2,1-2H3,(H,27,28). The Balaban J connectivity index is 1.72. The molecule has 0 bridgehead atoms. The zero-order chi connectivity index (χ0) is 22.4. The zero-order valence-corrected chi connectivity index (χ0v) is 18.3. The lowest BCUT2D eigenvalue weighted by Gasteiger charge is -2.36. The summed E-state index contributed by atoms with van der Waals surface area (Å²) in [7, 11) is 3.25. The van der Waals surface area contributed by atoms with E-state index in [9.17, 15) is 14.7 Å². The largest absolute Gasteiger partial charge is 0.497 e. The summed E-state index contributed by atoms with van der Waals surface area (Å²) in [5.41, 5.74) is 6.96. The molecule has 1 aliphatic heterocycles. The van der Waals surface area contributed by atoms with Gasteiger partial charge in [-0.25, -0.2) is 4.79 Å². The Bertz CT molecular complexity index is 770. The lowest BCUT2D eigenvalue weighted by atomic mass is 9.93. The summed E-state index contributed by atoms with van der Waals surface area (Å²) in [6.07, 6.45) is 2.15. The van der Waals surface area contributed by atoms with Crippen LogP contribution in [0.1, 0.15) is 31.2 Å². The van der Waals surface area contributed by atoms with Crippen molar-refractivity contribution in [1.82, 2.24) is 9.80 Å². The molecule has 1 aromatic rings. The van der Waals surface area contributed by atoms with E-state index >= 15 is 0 Å². The van der Waals surface area contributed by atoms with Gasteiger partial charge in [-0.2, -0.15) is 0 Å². The molecule has 9 nitrogen and oxygen atoms in total. The van der Waals surface area contributed by atoms with E-state index < -0.39 is 12.0 Å². The Labute approximate surface area is 183 Å². The van der Waals surface area contributed by atoms with Gasteiger partial charge in [0.2, 0.25) is 5.91 Å². The van der Waals surface area contributed by atoms with E-state index in [0.717, 1.165) is 24.8 Å². The maximum absolute atomic E-state index is 13.4. The van der Waals surface area contributed by atoms with Crippen LogP contribution in [0.4, 0.5) is 4.79 Å². The van der Waals surface area contributed by atoms with Gasteiger partial charge in [0.15, 0.2) is 0 Å². The molecule has 1 aliphatic carbocycles. The number of carboxylic acid groups (broad SMARTS) is 1. The molecule has 2 fully saturated rings. The number of methoxy groups -OCH3 is 2. The Kier molecular flexibility index (Phi) is 7.97. The normalized spacial score (nSPS) is 20.9. The molecule has 1 aromatic carbocycles. The van der Waals surface area contributed by atoms with Crippen molar-refractivity contribution in [3.8, 4) is 11.5 Å². The fourth-order valence-electron chi connectivity index (χ4n) is 3.99. The second-order valence-corrected chi connectivity index (χ2v) is 8.29. The number of likely N-dealkylation sites (tertiary alicyclic amines) is 1. The van der Waals surface area contributed by atoms with E-state index in [-0.39, 0.29) is 31.1 Å². The maximum atomic E-state index is 13.4. The minimum absolute atomic E-state index is 0.0331. The van der Waals surface area contributed by atoms with Gasteiger partial charge in [-0.15, -0.1) is 0 Å². The molecule has 3 rings (SSSR count). The van der Waals surface area contributed by atoms with Crippen LogP contribution >= 0.6 is 0 Å². The molecule has 2 aliphatic rings. The highest BCUT2D eigenvalue weighted by atomic mass is 16.5. The predicted molar refractivity (Wildman–Crippen MR) is 114 cm³/mol. The van der Waals surface area contributed by atoms with Gasteiger partial charge in [0.1, 0.15) is 11.5 Å². The zero-order valence-electron chi connectivity index (χ0n) is 18.3. The topological polar surface area (TPSA) is 115 Å². The number of ether oxygens (including phenoxy) is 3. The van der Waals surface area contributed by atoms with Gasteiger partial charge in [0, 0.05) is 57.9 Å². The number of benzene rings is 1. The second-order valence-electron chi connectivity index (χ2n) is 8.29. The predicted octanol–water partition coefficient (Wildman–Crippen LogP) is 1.93. The van der Waals surface area contributed by atoms with Crippen molar-refractivity contribution in [1.29, 1.82) is 0 Å². The van der Waals surface area contributed by atoms with E-state index in [2.05, 4.69) is 0 Å². The van der Waals surface area contributed by atoms with Crippen molar-refractivity contribution in [2.24, 2.45) is 11.7 Å². The molecule has 9 heteroatoms. The average molecular weight is 436 g/mol. The Hall–Kier alpha value is -2.52. The summed E-state index contributed by atoms with van der Waals surface area (Å²) in [4.78, 5) is 27.9. The monoisotopic (exact) mass is 435 g/mol. The number of hydrogen-bond acceptors (Lipinski definition) is 6. The van der Waals surface area contributed by atoms with Crippen LogP contribution in [0.25, 0.3) is 0 Å². The summed E-state index contributed by atoms with van der Waals surface area (Å²) in [6, 6.07) is 5.50.